The lowest BCUT2D eigenvalue weighted by Gasteiger charge is -2.19. The summed E-state index contributed by atoms with van der Waals surface area (Å²) < 4.78 is 11.1. The van der Waals surface area contributed by atoms with Crippen LogP contribution >= 0.6 is 11.8 Å². The molecular formula is C24H45O4S. The van der Waals surface area contributed by atoms with Gasteiger partial charge in [0.05, 0.1) is 26.1 Å². The Hall–Kier alpha value is -0.710. The summed E-state index contributed by atoms with van der Waals surface area (Å²) in [7, 11) is 0. The van der Waals surface area contributed by atoms with Gasteiger partial charge in [-0.2, -0.15) is 11.8 Å². The Labute approximate surface area is 184 Å². The first-order chi connectivity index (χ1) is 14.0. The van der Waals surface area contributed by atoms with Gasteiger partial charge in [-0.25, -0.2) is 0 Å². The van der Waals surface area contributed by atoms with Crippen LogP contribution in [0, 0.1) is 18.3 Å². The fourth-order valence-corrected chi connectivity index (χ4v) is 4.10. The van der Waals surface area contributed by atoms with Crippen molar-refractivity contribution in [2.75, 3.05) is 19.0 Å². The lowest BCUT2D eigenvalue weighted by Crippen LogP contribution is -2.22. The summed E-state index contributed by atoms with van der Waals surface area (Å²) >= 11 is 1.63. The highest BCUT2D eigenvalue weighted by molar-refractivity contribution is 8.00. The van der Waals surface area contributed by atoms with Gasteiger partial charge in [-0.1, -0.05) is 73.1 Å². The Morgan fingerprint density at radius 3 is 1.62 bits per heavy atom. The molecule has 2 atom stereocenters. The molecule has 0 saturated heterocycles. The van der Waals surface area contributed by atoms with Gasteiger partial charge in [0.1, 0.15) is 0 Å². The van der Waals surface area contributed by atoms with E-state index in [4.69, 9.17) is 9.47 Å². The molecule has 0 rings (SSSR count). The number of rotatable bonds is 19. The molecule has 1 radical (unpaired) electrons. The lowest BCUT2D eigenvalue weighted by molar-refractivity contribution is -0.146. The highest BCUT2D eigenvalue weighted by atomic mass is 32.2. The summed E-state index contributed by atoms with van der Waals surface area (Å²) in [6.45, 7) is 11.6. The minimum atomic E-state index is -0.198. The van der Waals surface area contributed by atoms with E-state index in [0.29, 0.717) is 25.0 Å². The lowest BCUT2D eigenvalue weighted by atomic mass is 10.0. The van der Waals surface area contributed by atoms with Crippen LogP contribution < -0.4 is 0 Å². The Morgan fingerprint density at radius 2 is 1.28 bits per heavy atom. The molecule has 4 nitrogen and oxygen atoms in total. The van der Waals surface area contributed by atoms with Crippen LogP contribution in [-0.4, -0.2) is 36.2 Å². The van der Waals surface area contributed by atoms with E-state index in [9.17, 15) is 9.59 Å². The van der Waals surface area contributed by atoms with E-state index >= 15 is 0 Å². The number of thioether (sulfide) groups is 1. The average molecular weight is 430 g/mol. The van der Waals surface area contributed by atoms with Gasteiger partial charge in [0.15, 0.2) is 0 Å². The maximum atomic E-state index is 12.3. The maximum absolute atomic E-state index is 12.3. The molecule has 0 spiro atoms. The number of hydrogen-bond donors (Lipinski definition) is 0. The fraction of sp³-hybridized carbons (Fsp3) is 0.875. The van der Waals surface area contributed by atoms with Gasteiger partial charge in [0.2, 0.25) is 0 Å². The number of esters is 2. The van der Waals surface area contributed by atoms with Gasteiger partial charge in [0, 0.05) is 5.25 Å². The Bertz CT molecular complexity index is 380. The second-order valence-corrected chi connectivity index (χ2v) is 9.30. The predicted molar refractivity (Wildman–Crippen MR) is 124 cm³/mol. The number of unbranched alkanes of at least 4 members (excludes halogenated alkanes) is 2. The topological polar surface area (TPSA) is 52.6 Å². The molecular weight excluding hydrogens is 384 g/mol. The average Bonchev–Trinajstić information content (AvgIpc) is 2.72. The van der Waals surface area contributed by atoms with Crippen LogP contribution in [0.4, 0.5) is 0 Å². The van der Waals surface area contributed by atoms with E-state index in [-0.39, 0.29) is 30.0 Å². The first-order valence-corrected chi connectivity index (χ1v) is 12.8. The van der Waals surface area contributed by atoms with E-state index in [1.807, 2.05) is 13.3 Å². The molecule has 0 aliphatic rings. The van der Waals surface area contributed by atoms with Crippen LogP contribution in [0.1, 0.15) is 98.8 Å². The normalized spacial score (nSPS) is 14.2. The third-order valence-corrected chi connectivity index (χ3v) is 6.66. The summed E-state index contributed by atoms with van der Waals surface area (Å²) in [5.74, 6) is 1.29. The molecule has 2 unspecified atom stereocenters. The SMILES string of the molecule is C[CH]CSC(CC(=O)OCC(CC)CCCC)CC(=O)OCC(CC)CCCC. The first-order valence-electron chi connectivity index (χ1n) is 11.7. The summed E-state index contributed by atoms with van der Waals surface area (Å²) in [4.78, 5) is 24.7. The van der Waals surface area contributed by atoms with E-state index < -0.39 is 0 Å². The van der Waals surface area contributed by atoms with Gasteiger partial charge in [0.25, 0.3) is 0 Å². The monoisotopic (exact) mass is 429 g/mol. The van der Waals surface area contributed by atoms with Crippen LogP contribution in [0.15, 0.2) is 0 Å². The van der Waals surface area contributed by atoms with Crippen LogP contribution in [-0.2, 0) is 19.1 Å². The molecule has 0 aliphatic carbocycles. The van der Waals surface area contributed by atoms with E-state index in [2.05, 4.69) is 27.7 Å². The second-order valence-electron chi connectivity index (χ2n) is 7.97. The van der Waals surface area contributed by atoms with Crippen molar-refractivity contribution < 1.29 is 19.1 Å². The van der Waals surface area contributed by atoms with Crippen LogP contribution in [0.25, 0.3) is 0 Å². The minimum absolute atomic E-state index is 0.0855. The van der Waals surface area contributed by atoms with Crippen LogP contribution in [0.3, 0.4) is 0 Å². The molecule has 0 heterocycles. The van der Waals surface area contributed by atoms with E-state index in [0.717, 1.165) is 44.3 Å². The zero-order chi connectivity index (χ0) is 21.9. The standard InChI is InChI=1S/C24H45O4S/c1-6-11-13-20(9-4)18-27-23(25)16-22(29-15-8-3)17-24(26)28-19-21(10-5)14-12-7-2/h8,20-22H,6-7,9-19H2,1-5H3. The van der Waals surface area contributed by atoms with Crippen molar-refractivity contribution in [1.82, 2.24) is 0 Å². The molecule has 171 valence electrons. The maximum Gasteiger partial charge on any atom is 0.306 e. The van der Waals surface area contributed by atoms with Gasteiger partial charge in [-0.05, 0) is 36.9 Å². The summed E-state index contributed by atoms with van der Waals surface area (Å²) in [6, 6.07) is 0. The van der Waals surface area contributed by atoms with Gasteiger partial charge in [-0.15, -0.1) is 0 Å². The quantitative estimate of drug-likeness (QED) is 0.216. The van der Waals surface area contributed by atoms with Crippen molar-refractivity contribution in [3.63, 3.8) is 0 Å². The molecule has 5 heteroatoms. The highest BCUT2D eigenvalue weighted by Gasteiger charge is 2.21. The Morgan fingerprint density at radius 1 is 0.828 bits per heavy atom. The van der Waals surface area contributed by atoms with Crippen LogP contribution in [0.5, 0.6) is 0 Å². The fourth-order valence-electron chi connectivity index (χ4n) is 3.13. The Kier molecular flexibility index (Phi) is 18.8. The van der Waals surface area contributed by atoms with Crippen molar-refractivity contribution in [3.8, 4) is 0 Å². The molecule has 0 aromatic carbocycles. The number of ether oxygens (including phenoxy) is 2. The minimum Gasteiger partial charge on any atom is -0.465 e. The van der Waals surface area contributed by atoms with Gasteiger partial charge in [-0.3, -0.25) is 9.59 Å². The highest BCUT2D eigenvalue weighted by Crippen LogP contribution is 2.22. The predicted octanol–water partition coefficient (Wildman–Crippen LogP) is 6.61. The molecule has 0 fully saturated rings. The van der Waals surface area contributed by atoms with E-state index in [1.165, 1.54) is 12.8 Å². The first kappa shape index (κ1) is 28.3. The number of carbonyl (C=O) groups excluding carboxylic acids is 2. The van der Waals surface area contributed by atoms with Gasteiger partial charge >= 0.3 is 11.9 Å². The molecule has 29 heavy (non-hydrogen) atoms. The summed E-state index contributed by atoms with van der Waals surface area (Å²) in [5.41, 5.74) is 0. The molecule has 0 saturated carbocycles. The van der Waals surface area contributed by atoms with Crippen LogP contribution in [0.2, 0.25) is 0 Å². The molecule has 0 N–H and O–H groups in total. The third-order valence-electron chi connectivity index (χ3n) is 5.33. The number of hydrogen-bond acceptors (Lipinski definition) is 5. The molecule has 0 bridgehead atoms. The van der Waals surface area contributed by atoms with Crippen molar-refractivity contribution >= 4 is 23.7 Å². The summed E-state index contributed by atoms with van der Waals surface area (Å²) in [5, 5.41) is -0.0855. The number of carbonyl (C=O) groups is 2. The van der Waals surface area contributed by atoms with Crippen molar-refractivity contribution in [2.24, 2.45) is 11.8 Å². The molecule has 0 aromatic rings. The van der Waals surface area contributed by atoms with Crippen molar-refractivity contribution in [3.05, 3.63) is 6.42 Å². The smallest absolute Gasteiger partial charge is 0.306 e. The second kappa shape index (κ2) is 19.3. The van der Waals surface area contributed by atoms with Crippen molar-refractivity contribution in [2.45, 2.75) is 104 Å². The summed E-state index contributed by atoms with van der Waals surface area (Å²) in [6.07, 6.45) is 11.5. The molecule has 0 amide bonds. The van der Waals surface area contributed by atoms with Crippen molar-refractivity contribution in [1.29, 1.82) is 0 Å². The molecule has 0 aromatic heterocycles. The van der Waals surface area contributed by atoms with Gasteiger partial charge < -0.3 is 9.47 Å². The zero-order valence-corrected chi connectivity index (χ0v) is 20.4. The third kappa shape index (κ3) is 15.7. The Balaban J connectivity index is 4.44. The van der Waals surface area contributed by atoms with E-state index in [1.54, 1.807) is 11.8 Å². The zero-order valence-electron chi connectivity index (χ0n) is 19.5. The largest absolute Gasteiger partial charge is 0.465 e. The molecule has 0 aliphatic heterocycles.